The molecule has 0 atom stereocenters. The highest BCUT2D eigenvalue weighted by Gasteiger charge is 2.25. The van der Waals surface area contributed by atoms with Gasteiger partial charge in [-0.2, -0.15) is 5.10 Å². The summed E-state index contributed by atoms with van der Waals surface area (Å²) in [7, 11) is 5.78. The largest absolute Gasteiger partial charge is 0.402 e. The van der Waals surface area contributed by atoms with Gasteiger partial charge >= 0.3 is 5.97 Å². The van der Waals surface area contributed by atoms with Crippen molar-refractivity contribution in [2.45, 2.75) is 6.92 Å². The van der Waals surface area contributed by atoms with E-state index < -0.39 is 5.97 Å². The number of cyclic esters (lactones) is 1. The number of aromatic nitrogens is 2. The number of esters is 1. The molecule has 0 N–H and O–H groups in total. The molecule has 2 heterocycles. The lowest BCUT2D eigenvalue weighted by molar-refractivity contribution is -0.129. The summed E-state index contributed by atoms with van der Waals surface area (Å²) in [6, 6.07) is 16.5. The van der Waals surface area contributed by atoms with Gasteiger partial charge in [-0.3, -0.25) is 0 Å². The third-order valence-electron chi connectivity index (χ3n) is 4.08. The van der Waals surface area contributed by atoms with Crippen molar-refractivity contribution >= 4 is 42.9 Å². The number of ether oxygens (including phenoxy) is 1. The van der Waals surface area contributed by atoms with Gasteiger partial charge in [-0.15, -0.1) is 0 Å². The predicted octanol–water partition coefficient (Wildman–Crippen LogP) is 2.97. The topological polar surface area (TPSA) is 56.5 Å². The Labute approximate surface area is 162 Å². The van der Waals surface area contributed by atoms with Gasteiger partial charge in [-0.1, -0.05) is 53.5 Å². The highest BCUT2D eigenvalue weighted by atomic mass is 35.5. The number of aliphatic imine (C=N–C) groups is 1. The second-order valence-corrected chi connectivity index (χ2v) is 6.36. The molecule has 130 valence electrons. The number of para-hydroxylation sites is 1. The molecule has 0 saturated carbocycles. The highest BCUT2D eigenvalue weighted by Crippen LogP contribution is 2.27. The summed E-state index contributed by atoms with van der Waals surface area (Å²) in [6.07, 6.45) is 1.59. The third kappa shape index (κ3) is 3.31. The summed E-state index contributed by atoms with van der Waals surface area (Å²) in [5.74, 6) is -0.335. The number of benzene rings is 2. The average molecular weight is 374 g/mol. The van der Waals surface area contributed by atoms with E-state index in [-0.39, 0.29) is 11.6 Å². The van der Waals surface area contributed by atoms with Gasteiger partial charge in [-0.05, 0) is 31.2 Å². The molecule has 7 heteroatoms. The second-order valence-electron chi connectivity index (χ2n) is 6.00. The van der Waals surface area contributed by atoms with Gasteiger partial charge in [0.05, 0.1) is 11.4 Å². The van der Waals surface area contributed by atoms with E-state index in [1.165, 1.54) is 0 Å². The van der Waals surface area contributed by atoms with Crippen molar-refractivity contribution in [3.05, 3.63) is 82.3 Å². The van der Waals surface area contributed by atoms with E-state index >= 15 is 0 Å². The van der Waals surface area contributed by atoms with E-state index in [1.54, 1.807) is 35.0 Å². The Bertz CT molecular complexity index is 1100. The van der Waals surface area contributed by atoms with Gasteiger partial charge in [0.2, 0.25) is 5.90 Å². The number of halogens is 1. The molecule has 1 aliphatic rings. The standard InChI is InChI=1S/C20H13BClN3O2/c1-12-16(18(22)25(24-12)15-8-3-2-4-9-15)11-17-20(26)27-19(23-17)13-6-5-7-14(21)10-13/h2-11H,1H3/b17-11-. The fraction of sp³-hybridized carbons (Fsp3) is 0.0500. The van der Waals surface area contributed by atoms with Crippen LogP contribution in [0.5, 0.6) is 0 Å². The minimum absolute atomic E-state index is 0.157. The SMILES string of the molecule is [B]c1cccc(C2=N/C(=C\c3c(C)nn(-c4ccccc4)c3Cl)C(=O)O2)c1. The zero-order chi connectivity index (χ0) is 19.0. The van der Waals surface area contributed by atoms with E-state index in [9.17, 15) is 4.79 Å². The van der Waals surface area contributed by atoms with Crippen LogP contribution in [-0.4, -0.2) is 29.5 Å². The van der Waals surface area contributed by atoms with Crippen molar-refractivity contribution in [2.75, 3.05) is 0 Å². The molecular formula is C20H13BClN3O2. The Kier molecular flexibility index (Phi) is 4.42. The maximum absolute atomic E-state index is 12.2. The van der Waals surface area contributed by atoms with Crippen LogP contribution < -0.4 is 5.46 Å². The Morgan fingerprint density at radius 2 is 1.93 bits per heavy atom. The minimum Gasteiger partial charge on any atom is -0.402 e. The first kappa shape index (κ1) is 17.3. The normalized spacial score (nSPS) is 15.1. The van der Waals surface area contributed by atoms with E-state index in [0.29, 0.717) is 27.4 Å². The summed E-state index contributed by atoms with van der Waals surface area (Å²) in [5, 5.41) is 4.85. The molecule has 0 fully saturated rings. The molecule has 5 nitrogen and oxygen atoms in total. The van der Waals surface area contributed by atoms with Crippen molar-refractivity contribution in [3.63, 3.8) is 0 Å². The molecule has 1 aliphatic heterocycles. The van der Waals surface area contributed by atoms with Crippen LogP contribution in [0, 0.1) is 6.92 Å². The highest BCUT2D eigenvalue weighted by molar-refractivity contribution is 6.33. The molecule has 0 spiro atoms. The number of carbonyl (C=O) groups excluding carboxylic acids is 1. The fourth-order valence-corrected chi connectivity index (χ4v) is 3.08. The van der Waals surface area contributed by atoms with Crippen LogP contribution in [0.15, 0.2) is 65.3 Å². The molecule has 0 bridgehead atoms. The van der Waals surface area contributed by atoms with Crippen LogP contribution in [-0.2, 0) is 9.53 Å². The van der Waals surface area contributed by atoms with Gasteiger partial charge in [0.1, 0.15) is 13.0 Å². The van der Waals surface area contributed by atoms with E-state index in [2.05, 4.69) is 10.1 Å². The van der Waals surface area contributed by atoms with Crippen molar-refractivity contribution < 1.29 is 9.53 Å². The van der Waals surface area contributed by atoms with E-state index in [0.717, 1.165) is 5.69 Å². The lowest BCUT2D eigenvalue weighted by Gasteiger charge is -2.01. The molecule has 0 saturated heterocycles. The molecule has 0 unspecified atom stereocenters. The Balaban J connectivity index is 1.74. The van der Waals surface area contributed by atoms with Gasteiger partial charge < -0.3 is 4.74 Å². The van der Waals surface area contributed by atoms with Gasteiger partial charge in [0.25, 0.3) is 0 Å². The first-order valence-corrected chi connectivity index (χ1v) is 8.60. The zero-order valence-electron chi connectivity index (χ0n) is 14.4. The van der Waals surface area contributed by atoms with Crippen LogP contribution in [0.25, 0.3) is 11.8 Å². The molecule has 0 amide bonds. The summed E-state index contributed by atoms with van der Waals surface area (Å²) >= 11 is 6.50. The Hall–Kier alpha value is -3.12. The smallest absolute Gasteiger partial charge is 0.363 e. The quantitative estimate of drug-likeness (QED) is 0.403. The van der Waals surface area contributed by atoms with E-state index in [4.69, 9.17) is 24.2 Å². The molecule has 1 aromatic heterocycles. The maximum Gasteiger partial charge on any atom is 0.363 e. The number of aryl methyl sites for hydroxylation is 1. The lowest BCUT2D eigenvalue weighted by Crippen LogP contribution is -2.09. The average Bonchev–Trinajstić information content (AvgIpc) is 3.17. The minimum atomic E-state index is -0.546. The van der Waals surface area contributed by atoms with E-state index in [1.807, 2.05) is 37.3 Å². The van der Waals surface area contributed by atoms with Crippen molar-refractivity contribution in [1.29, 1.82) is 0 Å². The van der Waals surface area contributed by atoms with Gasteiger partial charge in [0, 0.05) is 11.1 Å². The number of nitrogens with zero attached hydrogens (tertiary/aromatic N) is 3. The first-order chi connectivity index (χ1) is 13.0. The predicted molar refractivity (Wildman–Crippen MR) is 106 cm³/mol. The molecule has 0 aliphatic carbocycles. The summed E-state index contributed by atoms with van der Waals surface area (Å²) < 4.78 is 6.89. The number of carbonyl (C=O) groups is 1. The van der Waals surface area contributed by atoms with Crippen LogP contribution in [0.3, 0.4) is 0 Å². The summed E-state index contributed by atoms with van der Waals surface area (Å²) in [5.41, 5.74) is 3.47. The van der Waals surface area contributed by atoms with Crippen molar-refractivity contribution in [2.24, 2.45) is 4.99 Å². The zero-order valence-corrected chi connectivity index (χ0v) is 15.1. The van der Waals surface area contributed by atoms with Gasteiger partial charge in [0.15, 0.2) is 5.70 Å². The third-order valence-corrected chi connectivity index (χ3v) is 4.45. The Morgan fingerprint density at radius 1 is 1.15 bits per heavy atom. The van der Waals surface area contributed by atoms with Crippen LogP contribution in [0.4, 0.5) is 0 Å². The molecule has 4 rings (SSSR count). The summed E-state index contributed by atoms with van der Waals surface area (Å²) in [6.45, 7) is 1.82. The molecule has 2 radical (unpaired) electrons. The monoisotopic (exact) mass is 373 g/mol. The van der Waals surface area contributed by atoms with Crippen LogP contribution in [0.1, 0.15) is 16.8 Å². The molecule has 27 heavy (non-hydrogen) atoms. The van der Waals surface area contributed by atoms with Crippen LogP contribution in [0.2, 0.25) is 5.15 Å². The maximum atomic E-state index is 12.2. The fourth-order valence-electron chi connectivity index (χ4n) is 2.76. The Morgan fingerprint density at radius 3 is 2.67 bits per heavy atom. The number of rotatable bonds is 3. The second kappa shape index (κ2) is 6.89. The van der Waals surface area contributed by atoms with Crippen molar-refractivity contribution in [1.82, 2.24) is 9.78 Å². The number of hydrogen-bond acceptors (Lipinski definition) is 4. The van der Waals surface area contributed by atoms with Crippen molar-refractivity contribution in [3.8, 4) is 5.69 Å². The van der Waals surface area contributed by atoms with Gasteiger partial charge in [-0.25, -0.2) is 14.5 Å². The molecule has 3 aromatic rings. The first-order valence-electron chi connectivity index (χ1n) is 8.22. The number of hydrogen-bond donors (Lipinski definition) is 0. The lowest BCUT2D eigenvalue weighted by atomic mass is 9.94. The molecular weight excluding hydrogens is 361 g/mol. The summed E-state index contributed by atoms with van der Waals surface area (Å²) in [4.78, 5) is 16.5. The molecule has 2 aromatic carbocycles. The van der Waals surface area contributed by atoms with Crippen LogP contribution >= 0.6 is 11.6 Å².